The largest absolute Gasteiger partial charge is 0.390 e. The molecule has 148 valence electrons. The van der Waals surface area contributed by atoms with Crippen molar-refractivity contribution in [3.8, 4) is 0 Å². The van der Waals surface area contributed by atoms with Gasteiger partial charge in [-0.25, -0.2) is 4.98 Å². The predicted octanol–water partition coefficient (Wildman–Crippen LogP) is 1.92. The Balaban J connectivity index is 1.48. The van der Waals surface area contributed by atoms with Crippen LogP contribution in [-0.2, 0) is 4.74 Å². The fraction of sp³-hybridized carbons (Fsp3) is 0.316. The molecule has 3 rings (SSSR count). The highest BCUT2D eigenvalue weighted by Crippen LogP contribution is 2.20. The van der Waals surface area contributed by atoms with E-state index in [0.29, 0.717) is 5.56 Å². The SMILES string of the molecule is O=C(NC[C@@H]1CO[C@H](CNC(=O)c2ccc(Cl)nc2Cl)[C@H]1O)c1ccccc1. The number of rotatable bonds is 6. The molecule has 0 saturated carbocycles. The molecule has 9 heteroatoms. The predicted molar refractivity (Wildman–Crippen MR) is 105 cm³/mol. The van der Waals surface area contributed by atoms with Crippen LogP contribution < -0.4 is 10.6 Å². The lowest BCUT2D eigenvalue weighted by molar-refractivity contribution is 0.0384. The van der Waals surface area contributed by atoms with Crippen molar-refractivity contribution in [1.29, 1.82) is 0 Å². The number of nitrogens with zero attached hydrogens (tertiary/aromatic N) is 1. The van der Waals surface area contributed by atoms with Gasteiger partial charge in [0.25, 0.3) is 11.8 Å². The first-order valence-corrected chi connectivity index (χ1v) is 9.44. The van der Waals surface area contributed by atoms with Gasteiger partial charge in [-0.1, -0.05) is 41.4 Å². The fourth-order valence-corrected chi connectivity index (χ4v) is 3.32. The second-order valence-electron chi connectivity index (χ2n) is 6.38. The van der Waals surface area contributed by atoms with Gasteiger partial charge in [0.2, 0.25) is 0 Å². The van der Waals surface area contributed by atoms with E-state index in [-0.39, 0.29) is 47.4 Å². The Kier molecular flexibility index (Phi) is 6.85. The van der Waals surface area contributed by atoms with Crippen LogP contribution in [0.15, 0.2) is 42.5 Å². The van der Waals surface area contributed by atoms with Crippen molar-refractivity contribution in [1.82, 2.24) is 15.6 Å². The van der Waals surface area contributed by atoms with Crippen molar-refractivity contribution >= 4 is 35.0 Å². The molecular weight excluding hydrogens is 405 g/mol. The molecule has 3 atom stereocenters. The Morgan fingerprint density at radius 2 is 1.79 bits per heavy atom. The lowest BCUT2D eigenvalue weighted by atomic mass is 10.0. The Hall–Kier alpha value is -2.19. The van der Waals surface area contributed by atoms with Crippen LogP contribution in [0, 0.1) is 5.92 Å². The third-order valence-corrected chi connectivity index (χ3v) is 4.97. The summed E-state index contributed by atoms with van der Waals surface area (Å²) in [6.45, 7) is 0.647. The molecule has 2 aromatic rings. The molecule has 1 aromatic carbocycles. The topological polar surface area (TPSA) is 101 Å². The highest BCUT2D eigenvalue weighted by atomic mass is 35.5. The average molecular weight is 424 g/mol. The van der Waals surface area contributed by atoms with Gasteiger partial charge in [0, 0.05) is 24.6 Å². The van der Waals surface area contributed by atoms with Gasteiger partial charge in [0.15, 0.2) is 0 Å². The maximum absolute atomic E-state index is 12.2. The van der Waals surface area contributed by atoms with Crippen LogP contribution in [0.1, 0.15) is 20.7 Å². The van der Waals surface area contributed by atoms with Crippen LogP contribution in [0.4, 0.5) is 0 Å². The molecule has 0 bridgehead atoms. The number of ether oxygens (including phenoxy) is 1. The van der Waals surface area contributed by atoms with Crippen molar-refractivity contribution < 1.29 is 19.4 Å². The number of nitrogens with one attached hydrogen (secondary N) is 2. The maximum atomic E-state index is 12.2. The standard InChI is InChI=1S/C19H19Cl2N3O4/c20-15-7-6-13(17(21)24-15)19(27)23-9-14-16(25)12(10-28-14)8-22-18(26)11-4-2-1-3-5-11/h1-7,12,14,16,25H,8-10H2,(H,22,26)(H,23,27)/t12-,14-,16+/m1/s1. The number of aliphatic hydroxyl groups excluding tert-OH is 1. The number of benzene rings is 1. The summed E-state index contributed by atoms with van der Waals surface area (Å²) in [5.41, 5.74) is 0.735. The molecular formula is C19H19Cl2N3O4. The summed E-state index contributed by atoms with van der Waals surface area (Å²) >= 11 is 11.6. The average Bonchev–Trinajstić information content (AvgIpc) is 3.04. The summed E-state index contributed by atoms with van der Waals surface area (Å²) in [6, 6.07) is 11.8. The van der Waals surface area contributed by atoms with Crippen molar-refractivity contribution in [3.05, 3.63) is 63.9 Å². The first-order chi connectivity index (χ1) is 13.5. The van der Waals surface area contributed by atoms with Gasteiger partial charge in [0.1, 0.15) is 16.4 Å². The molecule has 28 heavy (non-hydrogen) atoms. The molecule has 0 unspecified atom stereocenters. The van der Waals surface area contributed by atoms with Gasteiger partial charge in [-0.3, -0.25) is 9.59 Å². The van der Waals surface area contributed by atoms with E-state index < -0.39 is 18.1 Å². The molecule has 0 spiro atoms. The molecule has 1 fully saturated rings. The highest BCUT2D eigenvalue weighted by molar-refractivity contribution is 6.34. The van der Waals surface area contributed by atoms with Gasteiger partial charge in [0.05, 0.1) is 18.3 Å². The first-order valence-electron chi connectivity index (χ1n) is 8.69. The van der Waals surface area contributed by atoms with E-state index in [1.54, 1.807) is 24.3 Å². The van der Waals surface area contributed by atoms with Crippen molar-refractivity contribution in [2.75, 3.05) is 19.7 Å². The lowest BCUT2D eigenvalue weighted by Gasteiger charge is -2.18. The van der Waals surface area contributed by atoms with Crippen LogP contribution >= 0.6 is 23.2 Å². The van der Waals surface area contributed by atoms with Crippen LogP contribution in [-0.4, -0.2) is 53.8 Å². The lowest BCUT2D eigenvalue weighted by Crippen LogP contribution is -2.41. The zero-order chi connectivity index (χ0) is 20.1. The highest BCUT2D eigenvalue weighted by Gasteiger charge is 2.36. The van der Waals surface area contributed by atoms with Crippen LogP contribution in [0.3, 0.4) is 0 Å². The van der Waals surface area contributed by atoms with Crippen LogP contribution in [0.5, 0.6) is 0 Å². The Bertz CT molecular complexity index is 850. The van der Waals surface area contributed by atoms with Crippen molar-refractivity contribution in [2.45, 2.75) is 12.2 Å². The number of aliphatic hydroxyl groups is 1. The summed E-state index contributed by atoms with van der Waals surface area (Å²) in [5.74, 6) is -0.921. The number of carbonyl (C=O) groups excluding carboxylic acids is 2. The number of halogens is 2. The molecule has 1 aromatic heterocycles. The minimum Gasteiger partial charge on any atom is -0.390 e. The molecule has 2 heterocycles. The smallest absolute Gasteiger partial charge is 0.254 e. The van der Waals surface area contributed by atoms with E-state index in [1.165, 1.54) is 12.1 Å². The molecule has 7 nitrogen and oxygen atoms in total. The molecule has 3 N–H and O–H groups in total. The Labute approximate surface area is 172 Å². The normalized spacial score (nSPS) is 21.3. The zero-order valence-electron chi connectivity index (χ0n) is 14.8. The van der Waals surface area contributed by atoms with Gasteiger partial charge < -0.3 is 20.5 Å². The molecule has 0 radical (unpaired) electrons. The maximum Gasteiger partial charge on any atom is 0.254 e. The molecule has 1 aliphatic rings. The minimum absolute atomic E-state index is 0.000565. The first kappa shape index (κ1) is 20.5. The van der Waals surface area contributed by atoms with E-state index in [9.17, 15) is 14.7 Å². The number of amides is 2. The van der Waals surface area contributed by atoms with Crippen LogP contribution in [0.2, 0.25) is 10.3 Å². The number of hydrogen-bond acceptors (Lipinski definition) is 5. The summed E-state index contributed by atoms with van der Waals surface area (Å²) in [5, 5.41) is 16.1. The molecule has 2 amide bonds. The second-order valence-corrected chi connectivity index (χ2v) is 7.13. The summed E-state index contributed by atoms with van der Waals surface area (Å²) in [7, 11) is 0. The third kappa shape index (κ3) is 4.99. The van der Waals surface area contributed by atoms with E-state index in [0.717, 1.165) is 0 Å². The van der Waals surface area contributed by atoms with Crippen molar-refractivity contribution in [2.24, 2.45) is 5.92 Å². The van der Waals surface area contributed by atoms with Gasteiger partial charge in [-0.05, 0) is 24.3 Å². The van der Waals surface area contributed by atoms with Gasteiger partial charge in [-0.15, -0.1) is 0 Å². The van der Waals surface area contributed by atoms with E-state index >= 15 is 0 Å². The number of hydrogen-bond donors (Lipinski definition) is 3. The summed E-state index contributed by atoms with van der Waals surface area (Å²) in [6.07, 6.45) is -1.41. The molecule has 1 aliphatic heterocycles. The van der Waals surface area contributed by atoms with E-state index in [2.05, 4.69) is 15.6 Å². The number of pyridine rings is 1. The number of aromatic nitrogens is 1. The zero-order valence-corrected chi connectivity index (χ0v) is 16.3. The van der Waals surface area contributed by atoms with Gasteiger partial charge >= 0.3 is 0 Å². The van der Waals surface area contributed by atoms with Crippen LogP contribution in [0.25, 0.3) is 0 Å². The Morgan fingerprint density at radius 1 is 1.07 bits per heavy atom. The van der Waals surface area contributed by atoms with Gasteiger partial charge in [-0.2, -0.15) is 0 Å². The van der Waals surface area contributed by atoms with Crippen molar-refractivity contribution in [3.63, 3.8) is 0 Å². The monoisotopic (exact) mass is 423 g/mol. The minimum atomic E-state index is -0.824. The summed E-state index contributed by atoms with van der Waals surface area (Å²) < 4.78 is 5.57. The fourth-order valence-electron chi connectivity index (χ4n) is 2.89. The van der Waals surface area contributed by atoms with E-state index in [1.807, 2.05) is 6.07 Å². The third-order valence-electron chi connectivity index (χ3n) is 4.47. The van der Waals surface area contributed by atoms with E-state index in [4.69, 9.17) is 27.9 Å². The quantitative estimate of drug-likeness (QED) is 0.616. The second kappa shape index (κ2) is 9.34. The Morgan fingerprint density at radius 3 is 2.50 bits per heavy atom. The number of carbonyl (C=O) groups is 2. The molecule has 0 aliphatic carbocycles. The summed E-state index contributed by atoms with van der Waals surface area (Å²) in [4.78, 5) is 28.1. The molecule has 1 saturated heterocycles.